The van der Waals surface area contributed by atoms with Crippen molar-refractivity contribution in [1.82, 2.24) is 24.5 Å². The van der Waals surface area contributed by atoms with Gasteiger partial charge in [0.15, 0.2) is 11.3 Å². The molecular weight excluding hydrogens is 409 g/mol. The SMILES string of the molecule is COc1ccc(CN2CC(C)C(c3nn4c(-c5ccc(F)cc5)ncc4c(=O)[nH]3)C2)cc1. The molecule has 2 aromatic carbocycles. The first kappa shape index (κ1) is 20.4. The first-order valence-corrected chi connectivity index (χ1v) is 10.6. The number of benzene rings is 2. The molecule has 4 aromatic rings. The molecule has 1 aliphatic heterocycles. The third-order valence-corrected chi connectivity index (χ3v) is 6.13. The van der Waals surface area contributed by atoms with Crippen LogP contribution in [0.4, 0.5) is 4.39 Å². The van der Waals surface area contributed by atoms with Crippen LogP contribution in [0.1, 0.15) is 24.2 Å². The smallest absolute Gasteiger partial charge is 0.276 e. The molecule has 164 valence electrons. The number of nitrogens with one attached hydrogen (secondary N) is 1. The van der Waals surface area contributed by atoms with Crippen molar-refractivity contribution in [3.8, 4) is 17.1 Å². The molecule has 0 amide bonds. The van der Waals surface area contributed by atoms with Crippen LogP contribution in [0, 0.1) is 11.7 Å². The van der Waals surface area contributed by atoms with Gasteiger partial charge < -0.3 is 9.72 Å². The molecule has 0 radical (unpaired) electrons. The third-order valence-electron chi connectivity index (χ3n) is 6.13. The van der Waals surface area contributed by atoms with Gasteiger partial charge in [-0.2, -0.15) is 5.10 Å². The van der Waals surface area contributed by atoms with Crippen LogP contribution < -0.4 is 10.3 Å². The molecule has 5 rings (SSSR count). The van der Waals surface area contributed by atoms with Gasteiger partial charge in [-0.05, 0) is 47.9 Å². The standard InChI is InChI=1S/C24H24FN5O2/c1-15-12-29(13-16-3-9-19(32-2)10-4-16)14-20(15)22-27-24(31)21-11-26-23(30(21)28-22)17-5-7-18(25)8-6-17/h3-11,15,20H,12-14H2,1-2H3,(H,27,28,31). The maximum Gasteiger partial charge on any atom is 0.276 e. The highest BCUT2D eigenvalue weighted by Crippen LogP contribution is 2.31. The van der Waals surface area contributed by atoms with E-state index in [1.165, 1.54) is 23.9 Å². The number of H-pyrrole nitrogens is 1. The minimum Gasteiger partial charge on any atom is -0.497 e. The highest BCUT2D eigenvalue weighted by molar-refractivity contribution is 5.60. The van der Waals surface area contributed by atoms with Crippen LogP contribution >= 0.6 is 0 Å². The molecule has 1 N–H and O–H groups in total. The van der Waals surface area contributed by atoms with Crippen molar-refractivity contribution < 1.29 is 9.13 Å². The number of aromatic nitrogens is 4. The summed E-state index contributed by atoms with van der Waals surface area (Å²) in [7, 11) is 1.66. The number of aromatic amines is 1. The van der Waals surface area contributed by atoms with E-state index in [0.717, 1.165) is 25.4 Å². The summed E-state index contributed by atoms with van der Waals surface area (Å²) in [5, 5.41) is 4.75. The van der Waals surface area contributed by atoms with E-state index in [2.05, 4.69) is 33.9 Å². The van der Waals surface area contributed by atoms with Crippen molar-refractivity contribution in [1.29, 1.82) is 0 Å². The van der Waals surface area contributed by atoms with Crippen LogP contribution in [0.15, 0.2) is 59.5 Å². The van der Waals surface area contributed by atoms with Gasteiger partial charge in [0.2, 0.25) is 0 Å². The lowest BCUT2D eigenvalue weighted by Gasteiger charge is -2.16. The first-order valence-electron chi connectivity index (χ1n) is 10.6. The average molecular weight is 433 g/mol. The zero-order valence-corrected chi connectivity index (χ0v) is 18.0. The lowest BCUT2D eigenvalue weighted by atomic mass is 9.97. The number of methoxy groups -OCH3 is 1. The predicted octanol–water partition coefficient (Wildman–Crippen LogP) is 3.47. The third kappa shape index (κ3) is 3.78. The first-order chi connectivity index (χ1) is 15.5. The maximum atomic E-state index is 13.3. The van der Waals surface area contributed by atoms with Gasteiger partial charge in [-0.15, -0.1) is 0 Å². The number of ether oxygens (including phenoxy) is 1. The molecule has 2 unspecified atom stereocenters. The van der Waals surface area contributed by atoms with Crippen molar-refractivity contribution in [2.45, 2.75) is 19.4 Å². The van der Waals surface area contributed by atoms with Crippen LogP contribution in [0.25, 0.3) is 16.9 Å². The summed E-state index contributed by atoms with van der Waals surface area (Å²) >= 11 is 0. The molecule has 3 heterocycles. The van der Waals surface area contributed by atoms with Gasteiger partial charge in [0.1, 0.15) is 17.4 Å². The number of halogens is 1. The lowest BCUT2D eigenvalue weighted by Crippen LogP contribution is -2.23. The fraction of sp³-hybridized carbons (Fsp3) is 0.292. The largest absolute Gasteiger partial charge is 0.497 e. The minimum absolute atomic E-state index is 0.0915. The van der Waals surface area contributed by atoms with Crippen LogP contribution in [-0.4, -0.2) is 44.7 Å². The van der Waals surface area contributed by atoms with Crippen LogP contribution in [0.5, 0.6) is 5.75 Å². The van der Waals surface area contributed by atoms with Gasteiger partial charge in [-0.25, -0.2) is 13.9 Å². The number of nitrogens with zero attached hydrogens (tertiary/aromatic N) is 4. The Kier molecular flexibility index (Phi) is 5.22. The van der Waals surface area contributed by atoms with E-state index in [1.54, 1.807) is 23.8 Å². The Balaban J connectivity index is 1.43. The normalized spacial score (nSPS) is 19.0. The second kappa shape index (κ2) is 8.20. The molecule has 1 aliphatic rings. The fourth-order valence-corrected chi connectivity index (χ4v) is 4.42. The van der Waals surface area contributed by atoms with E-state index in [9.17, 15) is 9.18 Å². The van der Waals surface area contributed by atoms with E-state index in [0.29, 0.717) is 28.6 Å². The molecule has 7 nitrogen and oxygen atoms in total. The van der Waals surface area contributed by atoms with Gasteiger partial charge in [0.25, 0.3) is 5.56 Å². The molecule has 0 spiro atoms. The Morgan fingerprint density at radius 1 is 1.12 bits per heavy atom. The zero-order chi connectivity index (χ0) is 22.2. The van der Waals surface area contributed by atoms with Crippen LogP contribution in [0.3, 0.4) is 0 Å². The molecule has 0 saturated carbocycles. The van der Waals surface area contributed by atoms with E-state index >= 15 is 0 Å². The summed E-state index contributed by atoms with van der Waals surface area (Å²) in [4.78, 5) is 22.5. The zero-order valence-electron chi connectivity index (χ0n) is 18.0. The van der Waals surface area contributed by atoms with E-state index in [-0.39, 0.29) is 17.3 Å². The Morgan fingerprint density at radius 3 is 2.59 bits per heavy atom. The number of fused-ring (bicyclic) bond motifs is 1. The van der Waals surface area contributed by atoms with E-state index in [4.69, 9.17) is 9.84 Å². The molecule has 2 atom stereocenters. The molecule has 1 saturated heterocycles. The quantitative estimate of drug-likeness (QED) is 0.522. The molecule has 8 heteroatoms. The summed E-state index contributed by atoms with van der Waals surface area (Å²) in [6, 6.07) is 14.1. The fourth-order valence-electron chi connectivity index (χ4n) is 4.42. The monoisotopic (exact) mass is 433 g/mol. The van der Waals surface area contributed by atoms with Crippen molar-refractivity contribution in [2.24, 2.45) is 5.92 Å². The number of hydrogen-bond donors (Lipinski definition) is 1. The van der Waals surface area contributed by atoms with Crippen LogP contribution in [0.2, 0.25) is 0 Å². The Hall–Kier alpha value is -3.52. The summed E-state index contributed by atoms with van der Waals surface area (Å²) in [6.45, 7) is 4.70. The number of hydrogen-bond acceptors (Lipinski definition) is 5. The summed E-state index contributed by atoms with van der Waals surface area (Å²) < 4.78 is 20.1. The van der Waals surface area contributed by atoms with E-state index in [1.807, 2.05) is 12.1 Å². The van der Waals surface area contributed by atoms with Crippen molar-refractivity contribution >= 4 is 5.52 Å². The summed E-state index contributed by atoms with van der Waals surface area (Å²) in [6.07, 6.45) is 1.50. The summed E-state index contributed by atoms with van der Waals surface area (Å²) in [5.74, 6) is 2.11. The second-order valence-corrected chi connectivity index (χ2v) is 8.35. The van der Waals surface area contributed by atoms with Gasteiger partial charge in [0.05, 0.1) is 13.3 Å². The Labute approximate surface area is 184 Å². The molecular formula is C24H24FN5O2. The van der Waals surface area contributed by atoms with Gasteiger partial charge >= 0.3 is 0 Å². The van der Waals surface area contributed by atoms with Gasteiger partial charge in [-0.3, -0.25) is 9.69 Å². The van der Waals surface area contributed by atoms with Crippen LogP contribution in [-0.2, 0) is 6.54 Å². The average Bonchev–Trinajstić information content (AvgIpc) is 3.38. The van der Waals surface area contributed by atoms with Gasteiger partial charge in [0, 0.05) is 31.1 Å². The predicted molar refractivity (Wildman–Crippen MR) is 119 cm³/mol. The topological polar surface area (TPSA) is 75.5 Å². The van der Waals surface area contributed by atoms with Gasteiger partial charge in [-0.1, -0.05) is 19.1 Å². The Bertz CT molecular complexity index is 1300. The minimum atomic E-state index is -0.321. The summed E-state index contributed by atoms with van der Waals surface area (Å²) in [5.41, 5.74) is 2.06. The van der Waals surface area contributed by atoms with Crippen molar-refractivity contribution in [3.63, 3.8) is 0 Å². The highest BCUT2D eigenvalue weighted by Gasteiger charge is 2.33. The number of imidazole rings is 1. The second-order valence-electron chi connectivity index (χ2n) is 8.35. The van der Waals surface area contributed by atoms with Crippen molar-refractivity contribution in [2.75, 3.05) is 20.2 Å². The van der Waals surface area contributed by atoms with Crippen molar-refractivity contribution in [3.05, 3.63) is 82.3 Å². The molecule has 1 fully saturated rings. The number of rotatable bonds is 5. The highest BCUT2D eigenvalue weighted by atomic mass is 19.1. The molecule has 0 aliphatic carbocycles. The number of likely N-dealkylation sites (tertiary alicyclic amines) is 1. The van der Waals surface area contributed by atoms with E-state index < -0.39 is 0 Å². The molecule has 2 aromatic heterocycles. The molecule has 32 heavy (non-hydrogen) atoms. The Morgan fingerprint density at radius 2 is 1.88 bits per heavy atom. The lowest BCUT2D eigenvalue weighted by molar-refractivity contribution is 0.318. The maximum absolute atomic E-state index is 13.3. The molecule has 0 bridgehead atoms.